The smallest absolute Gasteiger partial charge is 0.153 e. The molecular formula is C29H24N2O2. The molecule has 162 valence electrons. The summed E-state index contributed by atoms with van der Waals surface area (Å²) in [6.07, 6.45) is 0.790. The van der Waals surface area contributed by atoms with Crippen LogP contribution < -0.4 is 10.1 Å². The Balaban J connectivity index is 1.49. The summed E-state index contributed by atoms with van der Waals surface area (Å²) in [5, 5.41) is 12.5. The lowest BCUT2D eigenvalue weighted by atomic mass is 9.96. The molecular weight excluding hydrogens is 408 g/mol. The largest absolute Gasteiger partial charge is 0.488 e. The van der Waals surface area contributed by atoms with Gasteiger partial charge in [0.15, 0.2) is 6.29 Å². The highest BCUT2D eigenvalue weighted by Gasteiger charge is 2.09. The average molecular weight is 433 g/mol. The van der Waals surface area contributed by atoms with Gasteiger partial charge in [-0.3, -0.25) is 4.79 Å². The number of nitriles is 1. The molecule has 33 heavy (non-hydrogen) atoms. The van der Waals surface area contributed by atoms with Gasteiger partial charge in [0.25, 0.3) is 0 Å². The summed E-state index contributed by atoms with van der Waals surface area (Å²) in [4.78, 5) is 11.5. The molecule has 0 saturated heterocycles. The van der Waals surface area contributed by atoms with Crippen LogP contribution in [0.2, 0.25) is 0 Å². The number of carbonyl (C=O) groups is 1. The number of nitrogens with zero attached hydrogens (tertiary/aromatic N) is 1. The van der Waals surface area contributed by atoms with Crippen LogP contribution in [0.25, 0.3) is 11.1 Å². The van der Waals surface area contributed by atoms with Crippen molar-refractivity contribution in [1.29, 1.82) is 5.26 Å². The fourth-order valence-corrected chi connectivity index (χ4v) is 3.76. The van der Waals surface area contributed by atoms with Crippen LogP contribution in [0.4, 0.5) is 5.69 Å². The zero-order valence-electron chi connectivity index (χ0n) is 18.4. The number of ether oxygens (including phenoxy) is 1. The summed E-state index contributed by atoms with van der Waals surface area (Å²) in [6.45, 7) is 3.06. The van der Waals surface area contributed by atoms with Crippen molar-refractivity contribution >= 4 is 12.0 Å². The first-order chi connectivity index (χ1) is 16.2. The summed E-state index contributed by atoms with van der Waals surface area (Å²) in [5.74, 6) is 0.507. The molecule has 0 aliphatic heterocycles. The van der Waals surface area contributed by atoms with Gasteiger partial charge in [0, 0.05) is 18.3 Å². The van der Waals surface area contributed by atoms with Crippen LogP contribution in [0.1, 0.15) is 32.6 Å². The molecule has 0 aliphatic carbocycles. The number of nitrogens with one attached hydrogen (secondary N) is 1. The fourth-order valence-electron chi connectivity index (χ4n) is 3.76. The topological polar surface area (TPSA) is 62.1 Å². The van der Waals surface area contributed by atoms with Crippen molar-refractivity contribution in [2.45, 2.75) is 20.1 Å². The monoisotopic (exact) mass is 432 g/mol. The molecule has 0 atom stereocenters. The molecule has 0 aliphatic rings. The maximum absolute atomic E-state index is 11.5. The van der Waals surface area contributed by atoms with Crippen molar-refractivity contribution in [3.63, 3.8) is 0 Å². The van der Waals surface area contributed by atoms with E-state index in [1.54, 1.807) is 18.2 Å². The van der Waals surface area contributed by atoms with Gasteiger partial charge in [-0.25, -0.2) is 0 Å². The van der Waals surface area contributed by atoms with E-state index in [9.17, 15) is 4.79 Å². The second-order valence-electron chi connectivity index (χ2n) is 7.78. The van der Waals surface area contributed by atoms with Crippen molar-refractivity contribution < 1.29 is 9.53 Å². The first kappa shape index (κ1) is 21.9. The summed E-state index contributed by atoms with van der Waals surface area (Å²) in [5.41, 5.74) is 7.65. The quantitative estimate of drug-likeness (QED) is 0.321. The highest BCUT2D eigenvalue weighted by Crippen LogP contribution is 2.27. The van der Waals surface area contributed by atoms with Crippen LogP contribution in [0.5, 0.6) is 5.75 Å². The first-order valence-corrected chi connectivity index (χ1v) is 10.8. The van der Waals surface area contributed by atoms with Gasteiger partial charge in [-0.2, -0.15) is 5.26 Å². The number of carbonyl (C=O) groups excluding carboxylic acids is 1. The highest BCUT2D eigenvalue weighted by molar-refractivity contribution is 5.80. The van der Waals surface area contributed by atoms with E-state index in [1.807, 2.05) is 42.5 Å². The minimum atomic E-state index is 0.276. The van der Waals surface area contributed by atoms with Crippen molar-refractivity contribution in [3.8, 4) is 22.9 Å². The second kappa shape index (κ2) is 10.3. The van der Waals surface area contributed by atoms with E-state index in [4.69, 9.17) is 10.00 Å². The zero-order chi connectivity index (χ0) is 23.0. The number of aldehydes is 1. The lowest BCUT2D eigenvalue weighted by Crippen LogP contribution is -2.04. The Kier molecular flexibility index (Phi) is 6.82. The standard InChI is InChI=1S/C29H24N2O2/c1-21-25(11-6-12-28(21)24-9-3-2-4-10-24)18-31-27-14-13-26(19-32)29(16-27)33-20-23-8-5-7-22(15-23)17-30/h2-16,19,31H,18,20H2,1H3. The molecule has 1 N–H and O–H groups in total. The third-order valence-corrected chi connectivity index (χ3v) is 5.60. The van der Waals surface area contributed by atoms with Crippen LogP contribution in [0.15, 0.2) is 91.0 Å². The van der Waals surface area contributed by atoms with Gasteiger partial charge < -0.3 is 10.1 Å². The number of anilines is 1. The number of hydrogen-bond acceptors (Lipinski definition) is 4. The van der Waals surface area contributed by atoms with Crippen molar-refractivity contribution in [2.75, 3.05) is 5.32 Å². The molecule has 0 bridgehead atoms. The Morgan fingerprint density at radius 2 is 1.76 bits per heavy atom. The second-order valence-corrected chi connectivity index (χ2v) is 7.78. The molecule has 4 rings (SSSR count). The third kappa shape index (κ3) is 5.28. The zero-order valence-corrected chi connectivity index (χ0v) is 18.4. The molecule has 0 aromatic heterocycles. The van der Waals surface area contributed by atoms with E-state index >= 15 is 0 Å². The SMILES string of the molecule is Cc1c(CNc2ccc(C=O)c(OCc3cccc(C#N)c3)c2)cccc1-c1ccccc1. The van der Waals surface area contributed by atoms with Gasteiger partial charge in [-0.05, 0) is 59.0 Å². The maximum atomic E-state index is 11.5. The Bertz CT molecular complexity index is 1310. The summed E-state index contributed by atoms with van der Waals surface area (Å²) in [7, 11) is 0. The Labute approximate surface area is 194 Å². The highest BCUT2D eigenvalue weighted by atomic mass is 16.5. The molecule has 4 nitrogen and oxygen atoms in total. The third-order valence-electron chi connectivity index (χ3n) is 5.60. The van der Waals surface area contributed by atoms with E-state index in [-0.39, 0.29) is 6.61 Å². The molecule has 0 unspecified atom stereocenters. The summed E-state index contributed by atoms with van der Waals surface area (Å²) in [6, 6.07) is 31.5. The van der Waals surface area contributed by atoms with Crippen LogP contribution in [0.3, 0.4) is 0 Å². The predicted octanol–water partition coefficient (Wildman–Crippen LogP) is 6.54. The van der Waals surface area contributed by atoms with E-state index in [0.29, 0.717) is 23.4 Å². The minimum absolute atomic E-state index is 0.276. The van der Waals surface area contributed by atoms with E-state index in [1.165, 1.54) is 22.3 Å². The molecule has 0 amide bonds. The first-order valence-electron chi connectivity index (χ1n) is 10.8. The molecule has 4 aromatic carbocycles. The van der Waals surface area contributed by atoms with Gasteiger partial charge in [-0.15, -0.1) is 0 Å². The lowest BCUT2D eigenvalue weighted by molar-refractivity contribution is 0.111. The van der Waals surface area contributed by atoms with E-state index in [2.05, 4.69) is 48.6 Å². The number of benzene rings is 4. The molecule has 0 fully saturated rings. The van der Waals surface area contributed by atoms with Crippen molar-refractivity contribution in [1.82, 2.24) is 0 Å². The molecule has 4 heteroatoms. The molecule has 4 aromatic rings. The van der Waals surface area contributed by atoms with Crippen LogP contribution in [-0.2, 0) is 13.2 Å². The average Bonchev–Trinajstić information content (AvgIpc) is 2.87. The van der Waals surface area contributed by atoms with E-state index in [0.717, 1.165) is 17.5 Å². The van der Waals surface area contributed by atoms with Gasteiger partial charge in [0.1, 0.15) is 12.4 Å². The van der Waals surface area contributed by atoms with Crippen LogP contribution in [-0.4, -0.2) is 6.29 Å². The van der Waals surface area contributed by atoms with Gasteiger partial charge >= 0.3 is 0 Å². The van der Waals surface area contributed by atoms with Gasteiger partial charge in [0.05, 0.1) is 17.2 Å². The molecule has 0 heterocycles. The van der Waals surface area contributed by atoms with Crippen molar-refractivity contribution in [2.24, 2.45) is 0 Å². The van der Waals surface area contributed by atoms with E-state index < -0.39 is 0 Å². The number of hydrogen-bond donors (Lipinski definition) is 1. The maximum Gasteiger partial charge on any atom is 0.153 e. The predicted molar refractivity (Wildman–Crippen MR) is 131 cm³/mol. The number of rotatable bonds is 8. The summed E-state index contributed by atoms with van der Waals surface area (Å²) >= 11 is 0. The molecule has 0 spiro atoms. The van der Waals surface area contributed by atoms with Crippen LogP contribution >= 0.6 is 0 Å². The van der Waals surface area contributed by atoms with Crippen molar-refractivity contribution in [3.05, 3.63) is 119 Å². The van der Waals surface area contributed by atoms with Gasteiger partial charge in [0.2, 0.25) is 0 Å². The fraction of sp³-hybridized carbons (Fsp3) is 0.103. The Morgan fingerprint density at radius 1 is 0.939 bits per heavy atom. The molecule has 0 saturated carbocycles. The summed E-state index contributed by atoms with van der Waals surface area (Å²) < 4.78 is 5.93. The Hall–Kier alpha value is -4.36. The van der Waals surface area contributed by atoms with Gasteiger partial charge in [-0.1, -0.05) is 60.7 Å². The van der Waals surface area contributed by atoms with Crippen LogP contribution in [0, 0.1) is 18.3 Å². The minimum Gasteiger partial charge on any atom is -0.488 e. The Morgan fingerprint density at radius 3 is 2.55 bits per heavy atom. The lowest BCUT2D eigenvalue weighted by Gasteiger charge is -2.15. The molecule has 0 radical (unpaired) electrons. The normalized spacial score (nSPS) is 10.3.